The summed E-state index contributed by atoms with van der Waals surface area (Å²) in [7, 11) is -2.00. The summed E-state index contributed by atoms with van der Waals surface area (Å²) in [6.45, 7) is 0.653. The second kappa shape index (κ2) is 6.22. The van der Waals surface area contributed by atoms with Crippen molar-refractivity contribution in [3.8, 4) is 5.75 Å². The van der Waals surface area contributed by atoms with Crippen LogP contribution in [0.3, 0.4) is 0 Å². The molecule has 2 aromatic rings. The Morgan fingerprint density at radius 3 is 2.74 bits per heavy atom. The minimum atomic E-state index is -3.64. The average Bonchev–Trinajstić information content (AvgIpc) is 2.90. The lowest BCUT2D eigenvalue weighted by molar-refractivity contribution is 0.117. The topological polar surface area (TPSA) is 110 Å². The molecule has 1 aliphatic rings. The zero-order valence-corrected chi connectivity index (χ0v) is 13.3. The number of hydrogen-bond donors (Lipinski definition) is 1. The molecule has 2 heterocycles. The quantitative estimate of drug-likeness (QED) is 0.748. The molecule has 1 saturated heterocycles. The first-order valence-electron chi connectivity index (χ1n) is 7.06. The molecule has 0 saturated carbocycles. The second-order valence-electron chi connectivity index (χ2n) is 5.30. The Kier molecular flexibility index (Phi) is 4.28. The standard InChI is InChI=1S/C13H17N5O4S/c1-17-15-13(14-16-17)9-22-11-4-2-3-5-12(11)23(20,21)18-6-10(7-18)8-19/h2-5,10,19H,6-9H2,1H3. The van der Waals surface area contributed by atoms with E-state index in [-0.39, 0.29) is 29.8 Å². The summed E-state index contributed by atoms with van der Waals surface area (Å²) in [6.07, 6.45) is 0. The van der Waals surface area contributed by atoms with Gasteiger partial charge in [0.25, 0.3) is 0 Å². The minimum Gasteiger partial charge on any atom is -0.484 e. The molecule has 1 fully saturated rings. The molecule has 0 amide bonds. The van der Waals surface area contributed by atoms with Gasteiger partial charge in [-0.3, -0.25) is 0 Å². The van der Waals surface area contributed by atoms with E-state index in [1.165, 1.54) is 15.2 Å². The maximum absolute atomic E-state index is 12.6. The molecule has 0 bridgehead atoms. The predicted octanol–water partition coefficient (Wildman–Crippen LogP) is -0.598. The number of aryl methyl sites for hydroxylation is 1. The van der Waals surface area contributed by atoms with Crippen molar-refractivity contribution in [3.05, 3.63) is 30.1 Å². The van der Waals surface area contributed by atoms with Crippen LogP contribution >= 0.6 is 0 Å². The van der Waals surface area contributed by atoms with Gasteiger partial charge in [0.05, 0.1) is 7.05 Å². The van der Waals surface area contributed by atoms with Gasteiger partial charge in [0.1, 0.15) is 10.6 Å². The summed E-state index contributed by atoms with van der Waals surface area (Å²) in [4.78, 5) is 1.40. The number of nitrogens with zero attached hydrogens (tertiary/aromatic N) is 5. The van der Waals surface area contributed by atoms with E-state index in [2.05, 4.69) is 15.4 Å². The first-order chi connectivity index (χ1) is 11.0. The van der Waals surface area contributed by atoms with E-state index in [1.807, 2.05) is 0 Å². The Bertz CT molecular complexity index is 785. The smallest absolute Gasteiger partial charge is 0.246 e. The molecule has 3 rings (SSSR count). The number of aromatic nitrogens is 4. The number of ether oxygens (including phenoxy) is 1. The van der Waals surface area contributed by atoms with E-state index in [0.29, 0.717) is 18.9 Å². The molecule has 0 radical (unpaired) electrons. The van der Waals surface area contributed by atoms with Crippen molar-refractivity contribution in [2.75, 3.05) is 19.7 Å². The maximum Gasteiger partial charge on any atom is 0.246 e. The van der Waals surface area contributed by atoms with Crippen LogP contribution in [0.4, 0.5) is 0 Å². The van der Waals surface area contributed by atoms with Gasteiger partial charge in [0.2, 0.25) is 15.8 Å². The van der Waals surface area contributed by atoms with Crippen LogP contribution in [0.2, 0.25) is 0 Å². The summed E-state index contributed by atoms with van der Waals surface area (Å²) < 4.78 is 32.1. The molecule has 0 atom stereocenters. The third kappa shape index (κ3) is 3.19. The highest BCUT2D eigenvalue weighted by Gasteiger charge is 2.37. The van der Waals surface area contributed by atoms with Crippen molar-refractivity contribution in [1.29, 1.82) is 0 Å². The monoisotopic (exact) mass is 339 g/mol. The number of rotatable bonds is 6. The highest BCUT2D eigenvalue weighted by atomic mass is 32.2. The van der Waals surface area contributed by atoms with Crippen molar-refractivity contribution < 1.29 is 18.3 Å². The Labute approximate surface area is 133 Å². The van der Waals surface area contributed by atoms with E-state index in [1.54, 1.807) is 25.2 Å². The van der Waals surface area contributed by atoms with E-state index in [0.717, 1.165) is 0 Å². The summed E-state index contributed by atoms with van der Waals surface area (Å²) >= 11 is 0. The Hall–Kier alpha value is -2.04. The normalized spacial score (nSPS) is 16.3. The van der Waals surface area contributed by atoms with E-state index in [4.69, 9.17) is 9.84 Å². The fourth-order valence-electron chi connectivity index (χ4n) is 2.28. The largest absolute Gasteiger partial charge is 0.484 e. The van der Waals surface area contributed by atoms with Crippen LogP contribution in [-0.4, -0.2) is 57.7 Å². The maximum atomic E-state index is 12.6. The van der Waals surface area contributed by atoms with E-state index < -0.39 is 10.0 Å². The number of hydrogen-bond acceptors (Lipinski definition) is 7. The Balaban J connectivity index is 1.77. The molecule has 10 heteroatoms. The fraction of sp³-hybridized carbons (Fsp3) is 0.462. The number of sulfonamides is 1. The number of tetrazole rings is 1. The molecule has 124 valence electrons. The van der Waals surface area contributed by atoms with Crippen LogP contribution in [0.1, 0.15) is 5.82 Å². The van der Waals surface area contributed by atoms with Crippen molar-refractivity contribution in [1.82, 2.24) is 24.5 Å². The van der Waals surface area contributed by atoms with Crippen molar-refractivity contribution in [2.45, 2.75) is 11.5 Å². The summed E-state index contributed by atoms with van der Waals surface area (Å²) in [5.41, 5.74) is 0. The first-order valence-corrected chi connectivity index (χ1v) is 8.50. The molecule has 9 nitrogen and oxygen atoms in total. The first kappa shape index (κ1) is 15.8. The van der Waals surface area contributed by atoms with Crippen LogP contribution in [-0.2, 0) is 23.7 Å². The number of benzene rings is 1. The molecule has 1 aromatic heterocycles. The zero-order chi connectivity index (χ0) is 16.4. The minimum absolute atomic E-state index is 0.00153. The van der Waals surface area contributed by atoms with Gasteiger partial charge in [0, 0.05) is 25.6 Å². The number of aliphatic hydroxyl groups is 1. The van der Waals surface area contributed by atoms with Gasteiger partial charge in [-0.05, 0) is 17.3 Å². The molecular formula is C13H17N5O4S. The molecule has 23 heavy (non-hydrogen) atoms. The van der Waals surface area contributed by atoms with Crippen molar-refractivity contribution in [2.24, 2.45) is 13.0 Å². The van der Waals surface area contributed by atoms with Gasteiger partial charge in [-0.1, -0.05) is 12.1 Å². The highest BCUT2D eigenvalue weighted by molar-refractivity contribution is 7.89. The molecule has 1 N–H and O–H groups in total. The molecule has 0 unspecified atom stereocenters. The van der Waals surface area contributed by atoms with E-state index in [9.17, 15) is 8.42 Å². The highest BCUT2D eigenvalue weighted by Crippen LogP contribution is 2.31. The van der Waals surface area contributed by atoms with Crippen molar-refractivity contribution >= 4 is 10.0 Å². The second-order valence-corrected chi connectivity index (χ2v) is 7.21. The van der Waals surface area contributed by atoms with Crippen molar-refractivity contribution in [3.63, 3.8) is 0 Å². The fourth-order valence-corrected chi connectivity index (χ4v) is 4.00. The summed E-state index contributed by atoms with van der Waals surface area (Å²) in [6, 6.07) is 6.43. The van der Waals surface area contributed by atoms with Gasteiger partial charge < -0.3 is 9.84 Å². The third-order valence-electron chi connectivity index (χ3n) is 3.56. The van der Waals surface area contributed by atoms with Gasteiger partial charge in [-0.2, -0.15) is 9.10 Å². The number of para-hydroxylation sites is 1. The lowest BCUT2D eigenvalue weighted by Gasteiger charge is -2.37. The Morgan fingerprint density at radius 2 is 2.09 bits per heavy atom. The van der Waals surface area contributed by atoms with Crippen LogP contribution in [0.5, 0.6) is 5.75 Å². The Morgan fingerprint density at radius 1 is 1.35 bits per heavy atom. The lowest BCUT2D eigenvalue weighted by atomic mass is 10.1. The van der Waals surface area contributed by atoms with E-state index >= 15 is 0 Å². The SMILES string of the molecule is Cn1nnc(COc2ccccc2S(=O)(=O)N2CC(CO)C2)n1. The molecular weight excluding hydrogens is 322 g/mol. The molecule has 1 aliphatic heterocycles. The lowest BCUT2D eigenvalue weighted by Crippen LogP contribution is -2.51. The van der Waals surface area contributed by atoms with Crippen LogP contribution in [0.25, 0.3) is 0 Å². The van der Waals surface area contributed by atoms with Crippen LogP contribution in [0.15, 0.2) is 29.2 Å². The van der Waals surface area contributed by atoms with Gasteiger partial charge in [-0.25, -0.2) is 8.42 Å². The molecule has 0 spiro atoms. The number of aliphatic hydroxyl groups excluding tert-OH is 1. The van der Waals surface area contributed by atoms with Gasteiger partial charge in [0.15, 0.2) is 6.61 Å². The van der Waals surface area contributed by atoms with Gasteiger partial charge in [-0.15, -0.1) is 10.2 Å². The summed E-state index contributed by atoms with van der Waals surface area (Å²) in [5, 5.41) is 20.5. The predicted molar refractivity (Wildman–Crippen MR) is 78.9 cm³/mol. The zero-order valence-electron chi connectivity index (χ0n) is 12.5. The molecule has 1 aromatic carbocycles. The van der Waals surface area contributed by atoms with Crippen LogP contribution < -0.4 is 4.74 Å². The average molecular weight is 339 g/mol. The summed E-state index contributed by atoms with van der Waals surface area (Å²) in [5.74, 6) is 0.609. The van der Waals surface area contributed by atoms with Gasteiger partial charge >= 0.3 is 0 Å². The third-order valence-corrected chi connectivity index (χ3v) is 5.43. The van der Waals surface area contributed by atoms with Crippen LogP contribution in [0, 0.1) is 5.92 Å². The molecule has 0 aliphatic carbocycles.